The molecule has 1 heterocycles. The zero-order valence-electron chi connectivity index (χ0n) is 18.7. The molecule has 178 valence electrons. The lowest BCUT2D eigenvalue weighted by Crippen LogP contribution is -2.20. The van der Waals surface area contributed by atoms with E-state index >= 15 is 0 Å². The van der Waals surface area contributed by atoms with Crippen LogP contribution in [0, 0.1) is 0 Å². The molecular weight excluding hydrogens is 505 g/mol. The molecule has 0 aliphatic heterocycles. The van der Waals surface area contributed by atoms with Gasteiger partial charge in [-0.25, -0.2) is 5.43 Å². The Labute approximate surface area is 217 Å². The fourth-order valence-electron chi connectivity index (χ4n) is 3.13. The largest absolute Gasteiger partial charge is 0.494 e. The number of carbonyl (C=O) groups is 1. The van der Waals surface area contributed by atoms with Gasteiger partial charge in [0.05, 0.1) is 18.6 Å². The summed E-state index contributed by atoms with van der Waals surface area (Å²) in [6.07, 6.45) is 1.56. The summed E-state index contributed by atoms with van der Waals surface area (Å²) in [7, 11) is 0. The predicted octanol–water partition coefficient (Wildman–Crippen LogP) is 5.88. The van der Waals surface area contributed by atoms with Crippen LogP contribution in [0.3, 0.4) is 0 Å². The van der Waals surface area contributed by atoms with E-state index in [1.165, 1.54) is 11.8 Å². The van der Waals surface area contributed by atoms with Gasteiger partial charge in [0.15, 0.2) is 11.0 Å². The highest BCUT2D eigenvalue weighted by atomic mass is 35.5. The lowest BCUT2D eigenvalue weighted by atomic mass is 10.2. The second kappa shape index (κ2) is 11.9. The standard InChI is InChI=1S/C25H21Cl2N5O2S/c1-2-34-22-13-11-21(12-14-22)32-24(18-5-9-20(27)10-6-18)30-31-25(32)35-16-23(33)29-28-15-17-3-7-19(26)8-4-17/h3-15H,2,16H2,1H3,(H,29,33)/b28-15-. The second-order valence-corrected chi connectivity index (χ2v) is 9.02. The van der Waals surface area contributed by atoms with Crippen LogP contribution in [-0.2, 0) is 4.79 Å². The molecule has 0 saturated carbocycles. The van der Waals surface area contributed by atoms with Gasteiger partial charge in [-0.15, -0.1) is 10.2 Å². The smallest absolute Gasteiger partial charge is 0.250 e. The number of hydrogen-bond acceptors (Lipinski definition) is 6. The van der Waals surface area contributed by atoms with E-state index in [4.69, 9.17) is 27.9 Å². The van der Waals surface area contributed by atoms with E-state index in [1.54, 1.807) is 30.5 Å². The normalized spacial score (nSPS) is 11.1. The summed E-state index contributed by atoms with van der Waals surface area (Å²) in [6.45, 7) is 2.52. The predicted molar refractivity (Wildman–Crippen MR) is 141 cm³/mol. The number of halogens is 2. The maximum Gasteiger partial charge on any atom is 0.250 e. The molecule has 3 aromatic carbocycles. The number of thioether (sulfide) groups is 1. The highest BCUT2D eigenvalue weighted by Crippen LogP contribution is 2.29. The summed E-state index contributed by atoms with van der Waals surface area (Å²) in [4.78, 5) is 12.4. The van der Waals surface area contributed by atoms with Crippen LogP contribution in [0.5, 0.6) is 5.75 Å². The van der Waals surface area contributed by atoms with E-state index in [0.29, 0.717) is 27.6 Å². The highest BCUT2D eigenvalue weighted by Gasteiger charge is 2.17. The van der Waals surface area contributed by atoms with Crippen molar-refractivity contribution in [3.63, 3.8) is 0 Å². The Bertz CT molecular complexity index is 1310. The van der Waals surface area contributed by atoms with Crippen molar-refractivity contribution in [2.75, 3.05) is 12.4 Å². The van der Waals surface area contributed by atoms with E-state index in [-0.39, 0.29) is 11.7 Å². The quantitative estimate of drug-likeness (QED) is 0.167. The molecule has 0 bridgehead atoms. The molecule has 0 aliphatic rings. The first-order valence-corrected chi connectivity index (χ1v) is 12.4. The lowest BCUT2D eigenvalue weighted by Gasteiger charge is -2.11. The number of carbonyl (C=O) groups excluding carboxylic acids is 1. The molecule has 1 N–H and O–H groups in total. The fraction of sp³-hybridized carbons (Fsp3) is 0.120. The van der Waals surface area contributed by atoms with Crippen molar-refractivity contribution < 1.29 is 9.53 Å². The maximum absolute atomic E-state index is 12.4. The number of amides is 1. The molecule has 35 heavy (non-hydrogen) atoms. The van der Waals surface area contributed by atoms with Gasteiger partial charge in [0.2, 0.25) is 0 Å². The molecule has 0 atom stereocenters. The zero-order chi connectivity index (χ0) is 24.6. The first-order chi connectivity index (χ1) is 17.0. The van der Waals surface area contributed by atoms with Gasteiger partial charge >= 0.3 is 0 Å². The molecule has 1 aromatic heterocycles. The Morgan fingerprint density at radius 1 is 1.00 bits per heavy atom. The van der Waals surface area contributed by atoms with Gasteiger partial charge in [-0.3, -0.25) is 9.36 Å². The van der Waals surface area contributed by atoms with Crippen LogP contribution < -0.4 is 10.2 Å². The Balaban J connectivity index is 1.52. The van der Waals surface area contributed by atoms with E-state index in [9.17, 15) is 4.79 Å². The minimum absolute atomic E-state index is 0.105. The van der Waals surface area contributed by atoms with Gasteiger partial charge < -0.3 is 4.74 Å². The number of hydrazone groups is 1. The molecule has 0 radical (unpaired) electrons. The molecule has 10 heteroatoms. The maximum atomic E-state index is 12.4. The van der Waals surface area contributed by atoms with Gasteiger partial charge in [0, 0.05) is 21.3 Å². The molecule has 4 aromatic rings. The SMILES string of the molecule is CCOc1ccc(-n2c(SCC(=O)N/N=C\c3ccc(Cl)cc3)nnc2-c2ccc(Cl)cc2)cc1. The summed E-state index contributed by atoms with van der Waals surface area (Å²) in [5, 5.41) is 14.6. The molecule has 0 spiro atoms. The fourth-order valence-corrected chi connectivity index (χ4v) is 4.13. The van der Waals surface area contributed by atoms with Crippen LogP contribution in [-0.4, -0.2) is 39.2 Å². The van der Waals surface area contributed by atoms with Gasteiger partial charge in [-0.05, 0) is 73.2 Å². The second-order valence-electron chi connectivity index (χ2n) is 7.21. The number of benzene rings is 3. The van der Waals surface area contributed by atoms with Gasteiger partial charge in [-0.2, -0.15) is 5.10 Å². The average molecular weight is 526 g/mol. The molecular formula is C25H21Cl2N5O2S. The minimum atomic E-state index is -0.269. The molecule has 7 nitrogen and oxygen atoms in total. The van der Waals surface area contributed by atoms with Crippen LogP contribution in [0.1, 0.15) is 12.5 Å². The third kappa shape index (κ3) is 6.63. The summed E-state index contributed by atoms with van der Waals surface area (Å²) in [5.41, 5.74) is 5.04. The summed E-state index contributed by atoms with van der Waals surface area (Å²) < 4.78 is 7.45. The molecule has 0 unspecified atom stereocenters. The van der Waals surface area contributed by atoms with Crippen LogP contribution >= 0.6 is 35.0 Å². The molecule has 1 amide bonds. The van der Waals surface area contributed by atoms with Crippen molar-refractivity contribution in [2.24, 2.45) is 5.10 Å². The van der Waals surface area contributed by atoms with Crippen molar-refractivity contribution in [1.82, 2.24) is 20.2 Å². The third-order valence-corrected chi connectivity index (χ3v) is 6.18. The molecule has 4 rings (SSSR count). The Kier molecular flexibility index (Phi) is 8.41. The van der Waals surface area contributed by atoms with Gasteiger partial charge in [-0.1, -0.05) is 47.1 Å². The Hall–Kier alpha value is -3.33. The topological polar surface area (TPSA) is 81.4 Å². The van der Waals surface area contributed by atoms with E-state index in [0.717, 1.165) is 22.6 Å². The van der Waals surface area contributed by atoms with E-state index in [2.05, 4.69) is 20.7 Å². The summed E-state index contributed by atoms with van der Waals surface area (Å²) >= 11 is 13.2. The number of aromatic nitrogens is 3. The van der Waals surface area contributed by atoms with Crippen LogP contribution in [0.2, 0.25) is 10.0 Å². The summed E-state index contributed by atoms with van der Waals surface area (Å²) in [6, 6.07) is 22.1. The van der Waals surface area contributed by atoms with Crippen molar-refractivity contribution in [1.29, 1.82) is 0 Å². The number of nitrogens with one attached hydrogen (secondary N) is 1. The van der Waals surface area contributed by atoms with Crippen LogP contribution in [0.25, 0.3) is 17.1 Å². The molecule has 0 aliphatic carbocycles. The first-order valence-electron chi connectivity index (χ1n) is 10.7. The van der Waals surface area contributed by atoms with Crippen LogP contribution in [0.4, 0.5) is 0 Å². The minimum Gasteiger partial charge on any atom is -0.494 e. The zero-order valence-corrected chi connectivity index (χ0v) is 21.0. The Morgan fingerprint density at radius 2 is 1.66 bits per heavy atom. The number of nitrogens with zero attached hydrogens (tertiary/aromatic N) is 4. The van der Waals surface area contributed by atoms with Gasteiger partial charge in [0.25, 0.3) is 5.91 Å². The first kappa shape index (κ1) is 24.8. The lowest BCUT2D eigenvalue weighted by molar-refractivity contribution is -0.118. The molecule has 0 saturated heterocycles. The Morgan fingerprint density at radius 3 is 2.31 bits per heavy atom. The van der Waals surface area contributed by atoms with E-state index in [1.807, 2.05) is 60.0 Å². The molecule has 0 fully saturated rings. The van der Waals surface area contributed by atoms with Crippen LogP contribution in [0.15, 0.2) is 83.1 Å². The van der Waals surface area contributed by atoms with Crippen molar-refractivity contribution in [2.45, 2.75) is 12.1 Å². The monoisotopic (exact) mass is 525 g/mol. The number of hydrogen-bond donors (Lipinski definition) is 1. The van der Waals surface area contributed by atoms with Crippen molar-refractivity contribution >= 4 is 47.1 Å². The van der Waals surface area contributed by atoms with Gasteiger partial charge in [0.1, 0.15) is 5.75 Å². The van der Waals surface area contributed by atoms with Crippen molar-refractivity contribution in [3.8, 4) is 22.8 Å². The van der Waals surface area contributed by atoms with E-state index < -0.39 is 0 Å². The number of rotatable bonds is 9. The number of ether oxygens (including phenoxy) is 1. The third-order valence-electron chi connectivity index (χ3n) is 4.75. The van der Waals surface area contributed by atoms with Crippen molar-refractivity contribution in [3.05, 3.63) is 88.4 Å². The summed E-state index contributed by atoms with van der Waals surface area (Å²) in [5.74, 6) is 1.24. The average Bonchev–Trinajstić information content (AvgIpc) is 3.29. The highest BCUT2D eigenvalue weighted by molar-refractivity contribution is 7.99.